The van der Waals surface area contributed by atoms with Crippen molar-refractivity contribution in [3.63, 3.8) is 0 Å². The Bertz CT molecular complexity index is 533. The Morgan fingerprint density at radius 2 is 2.12 bits per heavy atom. The monoisotopic (exact) mass is 259 g/mol. The molecule has 3 nitrogen and oxygen atoms in total. The SMILES string of the molecule is O=Cc1c(-c2c(F)cccc2Cl)noc1Cl. The van der Waals surface area contributed by atoms with Gasteiger partial charge in [-0.3, -0.25) is 4.79 Å². The van der Waals surface area contributed by atoms with Crippen molar-refractivity contribution in [3.8, 4) is 11.3 Å². The largest absolute Gasteiger partial charge is 0.343 e. The number of carbonyl (C=O) groups is 1. The fourth-order valence-electron chi connectivity index (χ4n) is 1.28. The minimum atomic E-state index is -0.597. The second-order valence-corrected chi connectivity index (χ2v) is 3.68. The van der Waals surface area contributed by atoms with E-state index in [1.165, 1.54) is 18.2 Å². The molecule has 82 valence electrons. The van der Waals surface area contributed by atoms with E-state index in [4.69, 9.17) is 23.2 Å². The van der Waals surface area contributed by atoms with Crippen LogP contribution in [0.2, 0.25) is 10.2 Å². The number of benzene rings is 1. The van der Waals surface area contributed by atoms with Crippen LogP contribution in [0.25, 0.3) is 11.3 Å². The van der Waals surface area contributed by atoms with Gasteiger partial charge in [0.1, 0.15) is 17.1 Å². The van der Waals surface area contributed by atoms with Gasteiger partial charge in [-0.15, -0.1) is 0 Å². The summed E-state index contributed by atoms with van der Waals surface area (Å²) in [5.41, 5.74) is -0.0151. The van der Waals surface area contributed by atoms with Gasteiger partial charge in [0, 0.05) is 0 Å². The molecule has 0 fully saturated rings. The first kappa shape index (κ1) is 11.1. The molecule has 1 aromatic carbocycles. The van der Waals surface area contributed by atoms with Crippen LogP contribution in [0.4, 0.5) is 4.39 Å². The van der Waals surface area contributed by atoms with Crippen LogP contribution in [0.1, 0.15) is 10.4 Å². The van der Waals surface area contributed by atoms with Gasteiger partial charge < -0.3 is 4.52 Å². The first-order chi connectivity index (χ1) is 7.65. The average molecular weight is 260 g/mol. The Hall–Kier alpha value is -1.39. The molecule has 0 bridgehead atoms. The molecule has 0 unspecified atom stereocenters. The second kappa shape index (κ2) is 4.23. The maximum Gasteiger partial charge on any atom is 0.237 e. The van der Waals surface area contributed by atoms with Crippen LogP contribution in [0.5, 0.6) is 0 Å². The van der Waals surface area contributed by atoms with Crippen molar-refractivity contribution in [1.82, 2.24) is 5.16 Å². The van der Waals surface area contributed by atoms with E-state index in [-0.39, 0.29) is 27.1 Å². The molecule has 1 heterocycles. The maximum atomic E-state index is 13.5. The molecule has 0 saturated heterocycles. The van der Waals surface area contributed by atoms with Crippen molar-refractivity contribution in [2.24, 2.45) is 0 Å². The zero-order valence-electron chi connectivity index (χ0n) is 7.71. The third-order valence-electron chi connectivity index (χ3n) is 2.00. The number of rotatable bonds is 2. The van der Waals surface area contributed by atoms with E-state index in [1.807, 2.05) is 0 Å². The Balaban J connectivity index is 2.72. The summed E-state index contributed by atoms with van der Waals surface area (Å²) >= 11 is 11.4. The highest BCUT2D eigenvalue weighted by Gasteiger charge is 2.20. The molecule has 2 aromatic rings. The van der Waals surface area contributed by atoms with E-state index in [0.717, 1.165) is 0 Å². The Kier molecular flexibility index (Phi) is 2.94. The van der Waals surface area contributed by atoms with Gasteiger partial charge in [-0.1, -0.05) is 22.8 Å². The van der Waals surface area contributed by atoms with E-state index < -0.39 is 5.82 Å². The summed E-state index contributed by atoms with van der Waals surface area (Å²) < 4.78 is 18.1. The fourth-order valence-corrected chi connectivity index (χ4v) is 1.70. The molecule has 0 radical (unpaired) electrons. The summed E-state index contributed by atoms with van der Waals surface area (Å²) in [6.45, 7) is 0. The lowest BCUT2D eigenvalue weighted by molar-refractivity contribution is 0.112. The molecule has 0 amide bonds. The van der Waals surface area contributed by atoms with E-state index in [1.54, 1.807) is 0 Å². The molecule has 0 spiro atoms. The summed E-state index contributed by atoms with van der Waals surface area (Å²) in [5, 5.41) is 3.46. The van der Waals surface area contributed by atoms with Gasteiger partial charge in [0.25, 0.3) is 0 Å². The molecule has 2 rings (SSSR count). The number of aromatic nitrogens is 1. The van der Waals surface area contributed by atoms with Crippen LogP contribution in [0, 0.1) is 5.82 Å². The van der Waals surface area contributed by atoms with Gasteiger partial charge in [-0.2, -0.15) is 0 Å². The van der Waals surface area contributed by atoms with Crippen molar-refractivity contribution in [2.45, 2.75) is 0 Å². The van der Waals surface area contributed by atoms with E-state index in [9.17, 15) is 9.18 Å². The molecular formula is C10H4Cl2FNO2. The minimum Gasteiger partial charge on any atom is -0.343 e. The lowest BCUT2D eigenvalue weighted by atomic mass is 10.1. The third kappa shape index (κ3) is 1.70. The zero-order chi connectivity index (χ0) is 11.7. The first-order valence-corrected chi connectivity index (χ1v) is 4.95. The highest BCUT2D eigenvalue weighted by Crippen LogP contribution is 2.33. The minimum absolute atomic E-state index is 0.00177. The quantitative estimate of drug-likeness (QED) is 0.774. The van der Waals surface area contributed by atoms with Gasteiger partial charge in [-0.25, -0.2) is 4.39 Å². The topological polar surface area (TPSA) is 43.1 Å². The normalized spacial score (nSPS) is 10.4. The lowest BCUT2D eigenvalue weighted by Gasteiger charge is -2.01. The van der Waals surface area contributed by atoms with Gasteiger partial charge in [0.2, 0.25) is 5.22 Å². The van der Waals surface area contributed by atoms with Gasteiger partial charge >= 0.3 is 0 Å². The highest BCUT2D eigenvalue weighted by atomic mass is 35.5. The maximum absolute atomic E-state index is 13.5. The predicted molar refractivity (Wildman–Crippen MR) is 57.3 cm³/mol. The molecule has 0 saturated carbocycles. The number of aldehydes is 1. The standard InChI is InChI=1S/C10H4Cl2FNO2/c11-6-2-1-3-7(13)8(6)9-5(4-15)10(12)16-14-9/h1-4H. The Morgan fingerprint density at radius 3 is 2.75 bits per heavy atom. The molecule has 0 N–H and O–H groups in total. The molecule has 0 aliphatic carbocycles. The van der Waals surface area contributed by atoms with Crippen LogP contribution >= 0.6 is 23.2 Å². The molecule has 1 aromatic heterocycles. The highest BCUT2D eigenvalue weighted by molar-refractivity contribution is 6.34. The smallest absolute Gasteiger partial charge is 0.237 e. The van der Waals surface area contributed by atoms with Crippen LogP contribution < -0.4 is 0 Å². The Morgan fingerprint density at radius 1 is 1.38 bits per heavy atom. The predicted octanol–water partition coefficient (Wildman–Crippen LogP) is 3.60. The summed E-state index contributed by atoms with van der Waals surface area (Å²) in [4.78, 5) is 10.8. The van der Waals surface area contributed by atoms with Crippen molar-refractivity contribution in [2.75, 3.05) is 0 Å². The van der Waals surface area contributed by atoms with Crippen molar-refractivity contribution in [3.05, 3.63) is 39.8 Å². The van der Waals surface area contributed by atoms with Crippen molar-refractivity contribution < 1.29 is 13.7 Å². The van der Waals surface area contributed by atoms with Crippen LogP contribution in [-0.4, -0.2) is 11.4 Å². The van der Waals surface area contributed by atoms with E-state index in [2.05, 4.69) is 9.68 Å². The van der Waals surface area contributed by atoms with Crippen LogP contribution in [0.15, 0.2) is 22.7 Å². The van der Waals surface area contributed by atoms with Gasteiger partial charge in [-0.05, 0) is 23.7 Å². The van der Waals surface area contributed by atoms with Gasteiger partial charge in [0.05, 0.1) is 10.6 Å². The fraction of sp³-hybridized carbons (Fsp3) is 0. The lowest BCUT2D eigenvalue weighted by Crippen LogP contribution is -1.90. The Labute approximate surface area is 99.8 Å². The van der Waals surface area contributed by atoms with Crippen molar-refractivity contribution >= 4 is 29.5 Å². The summed E-state index contributed by atoms with van der Waals surface area (Å²) in [6.07, 6.45) is 0.441. The average Bonchev–Trinajstić information content (AvgIpc) is 2.59. The molecule has 0 atom stereocenters. The van der Waals surface area contributed by atoms with Crippen molar-refractivity contribution in [1.29, 1.82) is 0 Å². The number of halogens is 3. The third-order valence-corrected chi connectivity index (χ3v) is 2.59. The number of hydrogen-bond acceptors (Lipinski definition) is 3. The molecule has 0 aliphatic heterocycles. The first-order valence-electron chi connectivity index (χ1n) is 4.20. The molecule has 0 aliphatic rings. The second-order valence-electron chi connectivity index (χ2n) is 2.93. The summed E-state index contributed by atoms with van der Waals surface area (Å²) in [6, 6.07) is 4.14. The summed E-state index contributed by atoms with van der Waals surface area (Å²) in [7, 11) is 0. The number of carbonyl (C=O) groups excluding carboxylic acids is 1. The van der Waals surface area contributed by atoms with Crippen LogP contribution in [-0.2, 0) is 0 Å². The zero-order valence-corrected chi connectivity index (χ0v) is 9.22. The number of hydrogen-bond donors (Lipinski definition) is 0. The summed E-state index contributed by atoms with van der Waals surface area (Å²) in [5.74, 6) is -0.597. The van der Waals surface area contributed by atoms with E-state index in [0.29, 0.717) is 6.29 Å². The van der Waals surface area contributed by atoms with E-state index >= 15 is 0 Å². The molecular weight excluding hydrogens is 256 g/mol. The van der Waals surface area contributed by atoms with Crippen LogP contribution in [0.3, 0.4) is 0 Å². The van der Waals surface area contributed by atoms with Gasteiger partial charge in [0.15, 0.2) is 6.29 Å². The molecule has 6 heteroatoms. The number of nitrogens with zero attached hydrogens (tertiary/aromatic N) is 1. The molecule has 16 heavy (non-hydrogen) atoms.